The fraction of sp³-hybridized carbons (Fsp3) is 0.286. The normalized spacial score (nSPS) is 5.24. The summed E-state index contributed by atoms with van der Waals surface area (Å²) in [5.41, 5.74) is 1.18. The Balaban J connectivity index is -0.0000000147. The van der Waals surface area contributed by atoms with E-state index in [2.05, 4.69) is 45.0 Å². The van der Waals surface area contributed by atoms with Gasteiger partial charge in [-0.25, -0.2) is 0 Å². The number of rotatable bonds is 0. The molecule has 0 aliphatic heterocycles. The van der Waals surface area contributed by atoms with Crippen LogP contribution in [-0.4, -0.2) is 0 Å². The van der Waals surface area contributed by atoms with Crippen LogP contribution in [0.4, 0.5) is 0 Å². The first-order valence-electron chi connectivity index (χ1n) is 5.06. The summed E-state index contributed by atoms with van der Waals surface area (Å²) in [6, 6.07) is 16.3. The van der Waals surface area contributed by atoms with Crippen molar-refractivity contribution >= 4 is 10.8 Å². The van der Waals surface area contributed by atoms with Gasteiger partial charge in [0.2, 0.25) is 0 Å². The van der Waals surface area contributed by atoms with Crippen LogP contribution in [0.3, 0.4) is 0 Å². The van der Waals surface area contributed by atoms with Crippen molar-refractivity contribution in [2.45, 2.75) is 27.2 Å². The van der Waals surface area contributed by atoms with Crippen molar-refractivity contribution in [3.63, 3.8) is 0 Å². The molecule has 0 aliphatic carbocycles. The first kappa shape index (κ1) is 70.5. The van der Waals surface area contributed by atoms with Crippen LogP contribution in [0.25, 0.3) is 10.8 Å². The average Bonchev–Trinajstić information content (AvgIpc) is 2.19. The molecule has 0 bridgehead atoms. The molecule has 0 atom stereocenters. The molecule has 0 aliphatic rings. The molecule has 25 heavy (non-hydrogen) atoms. The van der Waals surface area contributed by atoms with Gasteiger partial charge in [-0.3, -0.25) is 0 Å². The zero-order valence-corrected chi connectivity index (χ0v) is 46.7. The Morgan fingerprint density at radius 1 is 0.680 bits per heavy atom. The van der Waals surface area contributed by atoms with E-state index >= 15 is 0 Å². The van der Waals surface area contributed by atoms with Crippen molar-refractivity contribution < 1.29 is 360 Å². The second kappa shape index (κ2) is 51.5. The topological polar surface area (TPSA) is 0 Å². The van der Waals surface area contributed by atoms with E-state index in [1.165, 1.54) is 22.8 Å². The number of hydrogen-bond acceptors (Lipinski definition) is 0. The van der Waals surface area contributed by atoms with Crippen LogP contribution < -0.4 is 0 Å². The molecule has 0 saturated heterocycles. The zero-order valence-electron chi connectivity index (χ0n) is 15.4. The van der Waals surface area contributed by atoms with Gasteiger partial charge < -0.3 is 0 Å². The van der Waals surface area contributed by atoms with E-state index in [4.69, 9.17) is 0 Å². The first-order chi connectivity index (χ1) is 6.77. The number of benzene rings is 2. The van der Waals surface area contributed by atoms with E-state index in [1.807, 2.05) is 18.2 Å². The predicted octanol–water partition coefficient (Wildman–Crippen LogP) is 4.14. The van der Waals surface area contributed by atoms with Gasteiger partial charge >= 0.3 is 0 Å². The van der Waals surface area contributed by atoms with Gasteiger partial charge in [0, 0.05) is 360 Å². The molecule has 2 rings (SSSR count). The van der Waals surface area contributed by atoms with Crippen molar-refractivity contribution in [3.05, 3.63) is 48.0 Å². The summed E-state index contributed by atoms with van der Waals surface area (Å²) in [4.78, 5) is 0. The van der Waals surface area contributed by atoms with E-state index in [0.717, 1.165) is 0 Å². The Kier molecular flexibility index (Phi) is 145. The molecular formula is C14H16Y11-2. The van der Waals surface area contributed by atoms with Crippen LogP contribution in [0.1, 0.15) is 25.8 Å². The van der Waals surface area contributed by atoms with Crippen LogP contribution in [0, 0.1) is 19.1 Å². The van der Waals surface area contributed by atoms with Gasteiger partial charge in [0.05, 0.1) is 0 Å². The third-order valence-electron chi connectivity index (χ3n) is 1.76. The van der Waals surface area contributed by atoms with Crippen molar-refractivity contribution in [1.29, 1.82) is 0 Å². The minimum Gasteiger partial charge on any atom is -0.185 e. The maximum atomic E-state index is 3.15. The number of aryl methyl sites for hydroxylation is 1. The molecule has 0 N–H and O–H groups in total. The molecule has 2 aromatic carbocycles. The van der Waals surface area contributed by atoms with Gasteiger partial charge in [0.25, 0.3) is 0 Å². The largest absolute Gasteiger partial charge is 0.185 e. The number of hydrogen-bond donors (Lipinski definition) is 0. The molecule has 0 unspecified atom stereocenters. The number of fused-ring (bicyclic) bond motifs is 1. The second-order valence-electron chi connectivity index (χ2n) is 3.38. The van der Waals surface area contributed by atoms with E-state index in [1.54, 1.807) is 0 Å². The molecule has 0 saturated carbocycles. The molecule has 0 aromatic heterocycles. The quantitative estimate of drug-likeness (QED) is 0.349. The van der Waals surface area contributed by atoms with Crippen molar-refractivity contribution in [2.75, 3.05) is 0 Å². The Morgan fingerprint density at radius 2 is 1.08 bits per heavy atom. The molecule has 0 fully saturated rings. The Bertz CT molecular complexity index is 413. The predicted molar refractivity (Wildman–Crippen MR) is 62.3 cm³/mol. The molecule has 107 valence electrons. The smallest absolute Gasteiger partial charge is 0 e. The van der Waals surface area contributed by atoms with Crippen LogP contribution in [0.2, 0.25) is 0 Å². The van der Waals surface area contributed by atoms with Gasteiger partial charge in [-0.05, 0) is 0 Å². The van der Waals surface area contributed by atoms with E-state index in [9.17, 15) is 0 Å². The van der Waals surface area contributed by atoms with Crippen LogP contribution in [0.5, 0.6) is 0 Å². The minimum atomic E-state index is 0. The molecule has 11 heteroatoms. The fourth-order valence-electron chi connectivity index (χ4n) is 1.18. The summed E-state index contributed by atoms with van der Waals surface area (Å²) in [6.45, 7) is 6.30. The van der Waals surface area contributed by atoms with E-state index < -0.39 is 0 Å². The Hall–Kier alpha value is 10.8. The zero-order chi connectivity index (χ0) is 10.4. The van der Waals surface area contributed by atoms with Gasteiger partial charge in [-0.2, -0.15) is 58.8 Å². The minimum absolute atomic E-state index is 0. The molecule has 11 radical (unpaired) electrons. The van der Waals surface area contributed by atoms with E-state index in [-0.39, 0.29) is 360 Å². The van der Waals surface area contributed by atoms with Gasteiger partial charge in [-0.15, -0.1) is 0 Å². The average molecular weight is 1160 g/mol. The summed E-state index contributed by atoms with van der Waals surface area (Å²) in [5.74, 6) is 0. The summed E-state index contributed by atoms with van der Waals surface area (Å²) in [5, 5.41) is 2.47. The molecular weight excluding hydrogens is 1150 g/mol. The first-order valence-corrected chi connectivity index (χ1v) is 5.06. The standard InChI is InChI=1S/C11H8.C3H8.11Y/c1-9-6-7-10-4-2-3-5-11(10)8-9;1-3-2;;;;;;;;;;;/h3-5,7-8H,1H3;3H2,1-2H3;;;;;;;;;;;/q-2;;;;;;;;;;;;. The van der Waals surface area contributed by atoms with Crippen molar-refractivity contribution in [2.24, 2.45) is 0 Å². The summed E-state index contributed by atoms with van der Waals surface area (Å²) in [6.07, 6.45) is 1.25. The third-order valence-corrected chi connectivity index (χ3v) is 1.76. The van der Waals surface area contributed by atoms with Crippen molar-refractivity contribution in [1.82, 2.24) is 0 Å². The second-order valence-corrected chi connectivity index (χ2v) is 3.38. The molecule has 0 heterocycles. The SMILES string of the molecule is CCC.Cc1[c-]cc2c[c-]ccc2c1.[Y].[Y].[Y].[Y].[Y].[Y].[Y].[Y].[Y].[Y].[Y]. The van der Waals surface area contributed by atoms with Gasteiger partial charge in [0.1, 0.15) is 0 Å². The molecule has 0 spiro atoms. The summed E-state index contributed by atoms with van der Waals surface area (Å²) < 4.78 is 0. The maximum Gasteiger partial charge on any atom is 0 e. The third kappa shape index (κ3) is 39.5. The molecule has 0 amide bonds. The Morgan fingerprint density at radius 3 is 1.48 bits per heavy atom. The van der Waals surface area contributed by atoms with Crippen molar-refractivity contribution in [3.8, 4) is 0 Å². The van der Waals surface area contributed by atoms with Crippen LogP contribution in [0.15, 0.2) is 30.3 Å². The summed E-state index contributed by atoms with van der Waals surface area (Å²) in [7, 11) is 0. The van der Waals surface area contributed by atoms with Crippen LogP contribution in [-0.2, 0) is 360 Å². The Labute approximate surface area is 432 Å². The fourth-order valence-corrected chi connectivity index (χ4v) is 1.18. The molecule has 0 nitrogen and oxygen atoms in total. The molecule has 2 aromatic rings. The van der Waals surface area contributed by atoms with E-state index in [0.29, 0.717) is 0 Å². The van der Waals surface area contributed by atoms with Gasteiger partial charge in [0.15, 0.2) is 0 Å². The van der Waals surface area contributed by atoms with Crippen LogP contribution >= 0.6 is 0 Å². The summed E-state index contributed by atoms with van der Waals surface area (Å²) >= 11 is 0. The maximum absolute atomic E-state index is 3.15. The van der Waals surface area contributed by atoms with Gasteiger partial charge in [-0.1, -0.05) is 27.2 Å². The monoisotopic (exact) mass is 1160 g/mol.